The van der Waals surface area contributed by atoms with Crippen molar-refractivity contribution in [1.82, 2.24) is 4.90 Å². The molecule has 0 fully saturated rings. The first-order chi connectivity index (χ1) is 10.1. The van der Waals surface area contributed by atoms with Gasteiger partial charge in [0.25, 0.3) is 5.91 Å². The lowest BCUT2D eigenvalue weighted by molar-refractivity contribution is 0.0749. The molecule has 1 amide bonds. The van der Waals surface area contributed by atoms with Crippen LogP contribution in [0.3, 0.4) is 0 Å². The number of amides is 1. The van der Waals surface area contributed by atoms with E-state index >= 15 is 0 Å². The number of furan rings is 1. The van der Waals surface area contributed by atoms with Gasteiger partial charge in [-0.1, -0.05) is 6.07 Å². The number of nitrogens with two attached hydrogens (primary N) is 1. The minimum Gasteiger partial charge on any atom is -0.467 e. The van der Waals surface area contributed by atoms with Gasteiger partial charge in [0.2, 0.25) is 0 Å². The Labute approximate surface area is 133 Å². The molecule has 4 nitrogen and oxygen atoms in total. The maximum atomic E-state index is 13.7. The molecule has 7 heteroatoms. The van der Waals surface area contributed by atoms with Crippen LogP contribution in [-0.4, -0.2) is 17.4 Å². The van der Waals surface area contributed by atoms with Crippen LogP contribution in [-0.2, 0) is 13.1 Å². The number of hydrogen-bond acceptors (Lipinski definition) is 3. The maximum Gasteiger partial charge on any atom is 0.257 e. The molecule has 2 aromatic rings. The van der Waals surface area contributed by atoms with Crippen LogP contribution in [0.1, 0.15) is 28.6 Å². The van der Waals surface area contributed by atoms with E-state index in [2.05, 4.69) is 0 Å². The summed E-state index contributed by atoms with van der Waals surface area (Å²) >= 11 is 0. The van der Waals surface area contributed by atoms with Crippen LogP contribution in [0.4, 0.5) is 8.78 Å². The third-order valence-corrected chi connectivity index (χ3v) is 3.18. The first-order valence-electron chi connectivity index (χ1n) is 6.56. The molecule has 0 radical (unpaired) electrons. The van der Waals surface area contributed by atoms with Gasteiger partial charge in [0.1, 0.15) is 23.7 Å². The highest BCUT2D eigenvalue weighted by atomic mass is 35.5. The number of carbonyl (C=O) groups excluding carboxylic acids is 1. The molecule has 1 aromatic heterocycles. The van der Waals surface area contributed by atoms with E-state index in [1.807, 2.05) is 0 Å². The summed E-state index contributed by atoms with van der Waals surface area (Å²) in [5.74, 6) is -1.22. The molecule has 1 aromatic carbocycles. The lowest BCUT2D eigenvalue weighted by Crippen LogP contribution is -2.30. The topological polar surface area (TPSA) is 59.5 Å². The van der Waals surface area contributed by atoms with Crippen molar-refractivity contribution in [3.05, 3.63) is 59.1 Å². The van der Waals surface area contributed by atoms with Crippen LogP contribution in [0.15, 0.2) is 34.9 Å². The van der Waals surface area contributed by atoms with Gasteiger partial charge in [-0.25, -0.2) is 8.78 Å². The predicted octanol–water partition coefficient (Wildman–Crippen LogP) is 3.10. The molecule has 0 unspecified atom stereocenters. The van der Waals surface area contributed by atoms with Crippen molar-refractivity contribution in [2.75, 3.05) is 6.54 Å². The first kappa shape index (κ1) is 18.1. The van der Waals surface area contributed by atoms with Crippen molar-refractivity contribution in [2.24, 2.45) is 5.73 Å². The minimum absolute atomic E-state index is 0. The van der Waals surface area contributed by atoms with Crippen molar-refractivity contribution in [3.8, 4) is 0 Å². The first-order valence-corrected chi connectivity index (χ1v) is 6.56. The van der Waals surface area contributed by atoms with E-state index in [4.69, 9.17) is 10.2 Å². The van der Waals surface area contributed by atoms with E-state index in [1.165, 1.54) is 35.4 Å². The quantitative estimate of drug-likeness (QED) is 0.916. The fraction of sp³-hybridized carbons (Fsp3) is 0.267. The van der Waals surface area contributed by atoms with Crippen LogP contribution in [0, 0.1) is 11.6 Å². The smallest absolute Gasteiger partial charge is 0.257 e. The van der Waals surface area contributed by atoms with Gasteiger partial charge in [0, 0.05) is 12.1 Å². The van der Waals surface area contributed by atoms with Crippen molar-refractivity contribution in [3.63, 3.8) is 0 Å². The molecule has 0 aliphatic heterocycles. The second-order valence-electron chi connectivity index (χ2n) is 4.53. The summed E-state index contributed by atoms with van der Waals surface area (Å²) < 4.78 is 32.4. The summed E-state index contributed by atoms with van der Waals surface area (Å²) in [6.07, 6.45) is 1.30. The molecule has 2 rings (SSSR count). The van der Waals surface area contributed by atoms with Crippen molar-refractivity contribution in [1.29, 1.82) is 0 Å². The number of benzene rings is 1. The third kappa shape index (κ3) is 3.84. The second-order valence-corrected chi connectivity index (χ2v) is 4.53. The Kier molecular flexibility index (Phi) is 6.52. The summed E-state index contributed by atoms with van der Waals surface area (Å²) in [5.41, 5.74) is 5.60. The van der Waals surface area contributed by atoms with E-state index in [0.29, 0.717) is 17.9 Å². The average molecular weight is 331 g/mol. The fourth-order valence-electron chi connectivity index (χ4n) is 1.98. The third-order valence-electron chi connectivity index (χ3n) is 3.18. The van der Waals surface area contributed by atoms with Crippen molar-refractivity contribution < 1.29 is 18.0 Å². The molecule has 0 aliphatic carbocycles. The molecule has 0 saturated carbocycles. The Balaban J connectivity index is 0.00000242. The average Bonchev–Trinajstić information content (AvgIpc) is 2.95. The highest BCUT2D eigenvalue weighted by Gasteiger charge is 2.20. The molecule has 0 aliphatic rings. The number of nitrogens with zero attached hydrogens (tertiary/aromatic N) is 1. The Bertz CT molecular complexity index is 626. The molecule has 0 bridgehead atoms. The number of carbonyl (C=O) groups is 1. The second kappa shape index (κ2) is 7.91. The zero-order chi connectivity index (χ0) is 15.4. The highest BCUT2D eigenvalue weighted by molar-refractivity contribution is 5.94. The van der Waals surface area contributed by atoms with Crippen LogP contribution in [0.2, 0.25) is 0 Å². The zero-order valence-electron chi connectivity index (χ0n) is 12.0. The molecule has 120 valence electrons. The van der Waals surface area contributed by atoms with E-state index in [0.717, 1.165) is 0 Å². The summed E-state index contributed by atoms with van der Waals surface area (Å²) in [6.45, 7) is 2.09. The van der Waals surface area contributed by atoms with Gasteiger partial charge in [-0.3, -0.25) is 4.79 Å². The summed E-state index contributed by atoms with van der Waals surface area (Å²) in [4.78, 5) is 13.7. The Hall–Kier alpha value is -1.92. The molecule has 22 heavy (non-hydrogen) atoms. The van der Waals surface area contributed by atoms with Gasteiger partial charge < -0.3 is 15.1 Å². The lowest BCUT2D eigenvalue weighted by Gasteiger charge is -2.20. The largest absolute Gasteiger partial charge is 0.467 e. The lowest BCUT2D eigenvalue weighted by atomic mass is 10.1. The monoisotopic (exact) mass is 330 g/mol. The molecular weight excluding hydrogens is 314 g/mol. The van der Waals surface area contributed by atoms with Gasteiger partial charge in [-0.2, -0.15) is 0 Å². The Morgan fingerprint density at radius 3 is 2.45 bits per heavy atom. The predicted molar refractivity (Wildman–Crippen MR) is 80.6 cm³/mol. The minimum atomic E-state index is -0.670. The van der Waals surface area contributed by atoms with Crippen molar-refractivity contribution in [2.45, 2.75) is 20.0 Å². The standard InChI is InChI=1S/C15H16F2N2O2.ClH/c1-2-19(8-12-13(16)4-3-5-14(12)17)15(20)10-6-11(7-18)21-9-10;/h3-6,9H,2,7-8,18H2,1H3;1H. The number of hydrogen-bond donors (Lipinski definition) is 1. The molecular formula is C15H17ClF2N2O2. The van der Waals surface area contributed by atoms with E-state index in [1.54, 1.807) is 6.92 Å². The van der Waals surface area contributed by atoms with Gasteiger partial charge in [-0.05, 0) is 25.1 Å². The van der Waals surface area contributed by atoms with Crippen molar-refractivity contribution >= 4 is 18.3 Å². The van der Waals surface area contributed by atoms with Crippen LogP contribution in [0.25, 0.3) is 0 Å². The van der Waals surface area contributed by atoms with E-state index < -0.39 is 11.6 Å². The maximum absolute atomic E-state index is 13.7. The van der Waals surface area contributed by atoms with Gasteiger partial charge in [-0.15, -0.1) is 12.4 Å². The van der Waals surface area contributed by atoms with Crippen LogP contribution >= 0.6 is 12.4 Å². The van der Waals surface area contributed by atoms with Crippen LogP contribution in [0.5, 0.6) is 0 Å². The molecule has 1 heterocycles. The SMILES string of the molecule is CCN(Cc1c(F)cccc1F)C(=O)c1coc(CN)c1.Cl. The van der Waals surface area contributed by atoms with Gasteiger partial charge in [0.05, 0.1) is 18.7 Å². The van der Waals surface area contributed by atoms with Crippen LogP contribution < -0.4 is 5.73 Å². The summed E-state index contributed by atoms with van der Waals surface area (Å²) in [7, 11) is 0. The Morgan fingerprint density at radius 1 is 1.32 bits per heavy atom. The normalized spacial score (nSPS) is 10.2. The van der Waals surface area contributed by atoms with E-state index in [9.17, 15) is 13.6 Å². The van der Waals surface area contributed by atoms with E-state index in [-0.39, 0.29) is 37.0 Å². The number of rotatable bonds is 5. The molecule has 0 atom stereocenters. The highest BCUT2D eigenvalue weighted by Crippen LogP contribution is 2.17. The summed E-state index contributed by atoms with van der Waals surface area (Å²) in [5, 5.41) is 0. The Morgan fingerprint density at radius 2 is 1.95 bits per heavy atom. The molecule has 0 spiro atoms. The number of halogens is 3. The molecule has 0 saturated heterocycles. The zero-order valence-corrected chi connectivity index (χ0v) is 12.8. The molecule has 2 N–H and O–H groups in total. The fourth-order valence-corrected chi connectivity index (χ4v) is 1.98. The van der Waals surface area contributed by atoms with Gasteiger partial charge in [0.15, 0.2) is 0 Å². The van der Waals surface area contributed by atoms with Gasteiger partial charge >= 0.3 is 0 Å². The summed E-state index contributed by atoms with van der Waals surface area (Å²) in [6, 6.07) is 5.15.